The second-order valence-corrected chi connectivity index (χ2v) is 2.42. The summed E-state index contributed by atoms with van der Waals surface area (Å²) in [5.74, 6) is 0.589. The van der Waals surface area contributed by atoms with Crippen molar-refractivity contribution in [2.75, 3.05) is 0 Å². The van der Waals surface area contributed by atoms with E-state index in [-0.39, 0.29) is 0 Å². The van der Waals surface area contributed by atoms with Gasteiger partial charge in [-0.3, -0.25) is 0 Å². The Morgan fingerprint density at radius 3 is 2.60 bits per heavy atom. The Kier molecular flexibility index (Phi) is 5.17. The van der Waals surface area contributed by atoms with Crippen LogP contribution in [0, 0.1) is 0 Å². The molecular formula is C6H12O3P+. The zero-order valence-corrected chi connectivity index (χ0v) is 7.10. The third-order valence-corrected chi connectivity index (χ3v) is 1.37. The normalized spacial score (nSPS) is 13.1. The van der Waals surface area contributed by atoms with Crippen LogP contribution in [0.2, 0.25) is 0 Å². The topological polar surface area (TPSA) is 46.5 Å². The fourth-order valence-electron chi connectivity index (χ4n) is 0.574. The van der Waals surface area contributed by atoms with Crippen LogP contribution >= 0.6 is 8.25 Å². The summed E-state index contributed by atoms with van der Waals surface area (Å²) in [5.41, 5.74) is 0. The molecule has 0 aromatic heterocycles. The highest BCUT2D eigenvalue weighted by atomic mass is 31.1. The van der Waals surface area contributed by atoms with E-state index in [2.05, 4.69) is 4.52 Å². The van der Waals surface area contributed by atoms with Crippen molar-refractivity contribution in [1.29, 1.82) is 0 Å². The Morgan fingerprint density at radius 2 is 2.30 bits per heavy atom. The largest absolute Gasteiger partial charge is 0.747 e. The lowest BCUT2D eigenvalue weighted by Gasteiger charge is -1.90. The van der Waals surface area contributed by atoms with Crippen molar-refractivity contribution in [3.63, 3.8) is 0 Å². The minimum absolute atomic E-state index is 0.589. The van der Waals surface area contributed by atoms with Gasteiger partial charge in [-0.1, -0.05) is 13.8 Å². The zero-order valence-electron chi connectivity index (χ0n) is 6.20. The van der Waals surface area contributed by atoms with E-state index < -0.39 is 8.25 Å². The standard InChI is InChI=1S/C6H11O3P/c1-3-5-6(4-2)9-10(7)8/h5H,3-4H2,1-2H3/p+1. The SMILES string of the molecule is CCC=C(CC)O[P+](=O)O. The van der Waals surface area contributed by atoms with Gasteiger partial charge in [-0.15, -0.1) is 4.89 Å². The summed E-state index contributed by atoms with van der Waals surface area (Å²) in [4.78, 5) is 8.33. The summed E-state index contributed by atoms with van der Waals surface area (Å²) in [6.45, 7) is 3.82. The summed E-state index contributed by atoms with van der Waals surface area (Å²) >= 11 is 0. The second-order valence-electron chi connectivity index (χ2n) is 1.76. The van der Waals surface area contributed by atoms with Gasteiger partial charge in [0.1, 0.15) is 0 Å². The van der Waals surface area contributed by atoms with Gasteiger partial charge < -0.3 is 0 Å². The first-order chi connectivity index (χ1) is 4.70. The van der Waals surface area contributed by atoms with E-state index >= 15 is 0 Å². The Bertz CT molecular complexity index is 142. The number of hydrogen-bond donors (Lipinski definition) is 1. The zero-order chi connectivity index (χ0) is 7.98. The first-order valence-electron chi connectivity index (χ1n) is 3.23. The van der Waals surface area contributed by atoms with Crippen LogP contribution in [0.5, 0.6) is 0 Å². The lowest BCUT2D eigenvalue weighted by molar-refractivity contribution is 0.342. The van der Waals surface area contributed by atoms with Crippen molar-refractivity contribution >= 4 is 8.25 Å². The first-order valence-corrected chi connectivity index (χ1v) is 4.36. The van der Waals surface area contributed by atoms with Crippen LogP contribution in [-0.2, 0) is 9.09 Å². The van der Waals surface area contributed by atoms with E-state index in [0.29, 0.717) is 12.2 Å². The van der Waals surface area contributed by atoms with Gasteiger partial charge >= 0.3 is 8.25 Å². The average Bonchev–Trinajstić information content (AvgIpc) is 1.86. The van der Waals surface area contributed by atoms with Crippen LogP contribution in [0.15, 0.2) is 11.8 Å². The van der Waals surface area contributed by atoms with Crippen LogP contribution in [0.1, 0.15) is 26.7 Å². The molecule has 0 saturated heterocycles. The molecule has 0 spiro atoms. The van der Waals surface area contributed by atoms with E-state index in [9.17, 15) is 4.57 Å². The first kappa shape index (κ1) is 9.60. The minimum atomic E-state index is -2.48. The molecule has 0 aromatic rings. The molecule has 10 heavy (non-hydrogen) atoms. The van der Waals surface area contributed by atoms with Crippen molar-refractivity contribution in [3.8, 4) is 0 Å². The lowest BCUT2D eigenvalue weighted by atomic mass is 10.3. The van der Waals surface area contributed by atoms with E-state index in [1.54, 1.807) is 6.08 Å². The molecule has 0 radical (unpaired) electrons. The van der Waals surface area contributed by atoms with Crippen LogP contribution < -0.4 is 0 Å². The van der Waals surface area contributed by atoms with Crippen molar-refractivity contribution in [2.45, 2.75) is 26.7 Å². The number of hydrogen-bond acceptors (Lipinski definition) is 2. The van der Waals surface area contributed by atoms with Gasteiger partial charge in [-0.05, 0) is 12.5 Å². The molecule has 1 N–H and O–H groups in total. The highest BCUT2D eigenvalue weighted by molar-refractivity contribution is 7.32. The van der Waals surface area contributed by atoms with Crippen LogP contribution in [0.3, 0.4) is 0 Å². The molecule has 58 valence electrons. The predicted molar refractivity (Wildman–Crippen MR) is 39.6 cm³/mol. The molecule has 3 nitrogen and oxygen atoms in total. The molecular weight excluding hydrogens is 151 g/mol. The molecule has 1 unspecified atom stereocenters. The molecule has 0 aliphatic carbocycles. The van der Waals surface area contributed by atoms with Crippen LogP contribution in [-0.4, -0.2) is 4.89 Å². The maximum atomic E-state index is 10.1. The van der Waals surface area contributed by atoms with E-state index in [1.807, 2.05) is 13.8 Å². The van der Waals surface area contributed by atoms with E-state index in [4.69, 9.17) is 4.89 Å². The van der Waals surface area contributed by atoms with Crippen molar-refractivity contribution < 1.29 is 14.0 Å². The van der Waals surface area contributed by atoms with Crippen LogP contribution in [0.4, 0.5) is 0 Å². The summed E-state index contributed by atoms with van der Waals surface area (Å²) in [7, 11) is -2.48. The fraction of sp³-hybridized carbons (Fsp3) is 0.667. The summed E-state index contributed by atoms with van der Waals surface area (Å²) in [6, 6.07) is 0. The Morgan fingerprint density at radius 1 is 1.70 bits per heavy atom. The highest BCUT2D eigenvalue weighted by Gasteiger charge is 2.14. The van der Waals surface area contributed by atoms with Gasteiger partial charge in [0, 0.05) is 11.0 Å². The quantitative estimate of drug-likeness (QED) is 0.511. The minimum Gasteiger partial charge on any atom is -0.234 e. The summed E-state index contributed by atoms with van der Waals surface area (Å²) < 4.78 is 14.7. The van der Waals surface area contributed by atoms with Gasteiger partial charge in [-0.2, -0.15) is 0 Å². The molecule has 0 bridgehead atoms. The highest BCUT2D eigenvalue weighted by Crippen LogP contribution is 2.22. The molecule has 0 aliphatic rings. The molecule has 0 aromatic carbocycles. The van der Waals surface area contributed by atoms with Crippen molar-refractivity contribution in [1.82, 2.24) is 0 Å². The maximum Gasteiger partial charge on any atom is 0.747 e. The van der Waals surface area contributed by atoms with Crippen molar-refractivity contribution in [2.24, 2.45) is 0 Å². The molecule has 0 aliphatic heterocycles. The monoisotopic (exact) mass is 163 g/mol. The van der Waals surface area contributed by atoms with E-state index in [1.165, 1.54) is 0 Å². The number of allylic oxidation sites excluding steroid dienone is 2. The Labute approximate surface area is 61.7 Å². The molecule has 0 fully saturated rings. The molecule has 1 atom stereocenters. The average molecular weight is 163 g/mol. The lowest BCUT2D eigenvalue weighted by Crippen LogP contribution is -1.80. The fourth-order valence-corrected chi connectivity index (χ4v) is 0.978. The molecule has 0 heterocycles. The predicted octanol–water partition coefficient (Wildman–Crippen LogP) is 2.36. The van der Waals surface area contributed by atoms with Crippen LogP contribution in [0.25, 0.3) is 0 Å². The third-order valence-electron chi connectivity index (χ3n) is 0.976. The summed E-state index contributed by atoms with van der Waals surface area (Å²) in [6.07, 6.45) is 3.28. The third kappa shape index (κ3) is 4.48. The van der Waals surface area contributed by atoms with E-state index in [0.717, 1.165) is 6.42 Å². The van der Waals surface area contributed by atoms with Gasteiger partial charge in [0.05, 0.1) is 0 Å². The summed E-state index contributed by atoms with van der Waals surface area (Å²) in [5, 5.41) is 0. The van der Waals surface area contributed by atoms with Gasteiger partial charge in [0.25, 0.3) is 0 Å². The van der Waals surface area contributed by atoms with Gasteiger partial charge in [0.15, 0.2) is 5.76 Å². The molecule has 0 saturated carbocycles. The molecule has 4 heteroatoms. The number of rotatable bonds is 4. The van der Waals surface area contributed by atoms with Gasteiger partial charge in [-0.25, -0.2) is 4.52 Å². The Hall–Kier alpha value is -0.400. The smallest absolute Gasteiger partial charge is 0.234 e. The van der Waals surface area contributed by atoms with Gasteiger partial charge in [0.2, 0.25) is 0 Å². The molecule has 0 rings (SSSR count). The Balaban J connectivity index is 3.83. The second kappa shape index (κ2) is 5.39. The molecule has 0 amide bonds. The van der Waals surface area contributed by atoms with Crippen molar-refractivity contribution in [3.05, 3.63) is 11.8 Å². The maximum absolute atomic E-state index is 10.1.